The minimum atomic E-state index is -1.33. The summed E-state index contributed by atoms with van der Waals surface area (Å²) in [5, 5.41) is 23.1. The Labute approximate surface area is 187 Å². The second-order valence-corrected chi connectivity index (χ2v) is 8.07. The largest absolute Gasteiger partial charge is 0.872 e. The Hall–Kier alpha value is -3.37. The lowest BCUT2D eigenvalue weighted by molar-refractivity contribution is -0.268. The monoisotopic (exact) mass is 457 g/mol. The number of amides is 2. The van der Waals surface area contributed by atoms with Crippen LogP contribution >= 0.6 is 24.0 Å². The molecule has 0 aromatic heterocycles. The van der Waals surface area contributed by atoms with Gasteiger partial charge in [0.15, 0.2) is 0 Å². The number of anilines is 1. The van der Waals surface area contributed by atoms with E-state index in [4.69, 9.17) is 22.1 Å². The molecule has 1 saturated heterocycles. The highest BCUT2D eigenvalue weighted by Gasteiger charge is 2.32. The first-order chi connectivity index (χ1) is 14.8. The maximum absolute atomic E-state index is 12.7. The van der Waals surface area contributed by atoms with Gasteiger partial charge in [-0.05, 0) is 30.3 Å². The number of methoxy groups -OCH3 is 1. The van der Waals surface area contributed by atoms with Gasteiger partial charge < -0.3 is 20.3 Å². The zero-order chi connectivity index (χ0) is 22.5. The molecule has 1 aliphatic heterocycles. The zero-order valence-corrected chi connectivity index (χ0v) is 17.9. The molecule has 31 heavy (non-hydrogen) atoms. The van der Waals surface area contributed by atoms with Crippen LogP contribution < -0.4 is 15.2 Å². The Morgan fingerprint density at radius 3 is 2.71 bits per heavy atom. The summed E-state index contributed by atoms with van der Waals surface area (Å²) in [6, 6.07) is 10.8. The number of benzene rings is 2. The minimum absolute atomic E-state index is 0.0523. The standard InChI is InChI=1S/C21H18N2O6S2/c1-29-16-5-3-2-4-12(16)10-17-19(26)23(21(30)31-17)9-8-18(25)22-13-6-7-14(20(27)28)15(24)11-13/h2-7,10-11,24H,8-9H2,1H3,(H,22,25)(H,27,28)/p-1/b17-10-. The maximum Gasteiger partial charge on any atom is 0.335 e. The molecule has 2 aromatic carbocycles. The van der Waals surface area contributed by atoms with Gasteiger partial charge in [0, 0.05) is 24.2 Å². The van der Waals surface area contributed by atoms with Gasteiger partial charge in [0.05, 0.1) is 17.6 Å². The van der Waals surface area contributed by atoms with E-state index in [0.717, 1.165) is 29.5 Å². The summed E-state index contributed by atoms with van der Waals surface area (Å²) in [5.41, 5.74) is 0.542. The van der Waals surface area contributed by atoms with Crippen LogP contribution in [0.5, 0.6) is 11.5 Å². The van der Waals surface area contributed by atoms with Crippen LogP contribution in [0.1, 0.15) is 22.3 Å². The molecular weight excluding hydrogens is 440 g/mol. The van der Waals surface area contributed by atoms with Crippen molar-refractivity contribution < 1.29 is 29.3 Å². The molecule has 1 aliphatic rings. The summed E-state index contributed by atoms with van der Waals surface area (Å²) in [4.78, 5) is 37.6. The van der Waals surface area contributed by atoms with Crippen molar-refractivity contribution in [2.75, 3.05) is 19.0 Å². The number of aromatic carboxylic acids is 1. The quantitative estimate of drug-likeness (QED) is 0.481. The summed E-state index contributed by atoms with van der Waals surface area (Å²) in [7, 11) is 1.54. The van der Waals surface area contributed by atoms with Gasteiger partial charge in [-0.15, -0.1) is 0 Å². The van der Waals surface area contributed by atoms with E-state index in [9.17, 15) is 19.5 Å². The second-order valence-electron chi connectivity index (χ2n) is 6.39. The van der Waals surface area contributed by atoms with Gasteiger partial charge in [0.1, 0.15) is 10.1 Å². The van der Waals surface area contributed by atoms with E-state index in [2.05, 4.69) is 5.32 Å². The van der Waals surface area contributed by atoms with Crippen LogP contribution in [0.3, 0.4) is 0 Å². The highest BCUT2D eigenvalue weighted by atomic mass is 32.2. The number of carbonyl (C=O) groups is 3. The molecule has 2 aromatic rings. The molecule has 2 N–H and O–H groups in total. The average molecular weight is 458 g/mol. The van der Waals surface area contributed by atoms with Crippen molar-refractivity contribution in [3.63, 3.8) is 0 Å². The van der Waals surface area contributed by atoms with E-state index in [1.807, 2.05) is 18.2 Å². The van der Waals surface area contributed by atoms with E-state index >= 15 is 0 Å². The lowest BCUT2D eigenvalue weighted by atomic mass is 10.2. The lowest BCUT2D eigenvalue weighted by Gasteiger charge is -2.15. The SMILES string of the molecule is COc1ccccc1/C=C1\SC(=S)N(CCC(=O)Nc2ccc(C(=O)O)c([O-])c2)C1=O. The second kappa shape index (κ2) is 9.63. The van der Waals surface area contributed by atoms with Crippen LogP contribution in [-0.4, -0.2) is 45.8 Å². The predicted molar refractivity (Wildman–Crippen MR) is 119 cm³/mol. The van der Waals surface area contributed by atoms with E-state index in [1.54, 1.807) is 19.3 Å². The number of para-hydroxylation sites is 1. The van der Waals surface area contributed by atoms with Crippen LogP contribution in [0.15, 0.2) is 47.4 Å². The molecule has 0 atom stereocenters. The van der Waals surface area contributed by atoms with Gasteiger partial charge in [0.2, 0.25) is 5.91 Å². The summed E-state index contributed by atoms with van der Waals surface area (Å²) in [6.07, 6.45) is 1.64. The highest BCUT2D eigenvalue weighted by molar-refractivity contribution is 8.26. The highest BCUT2D eigenvalue weighted by Crippen LogP contribution is 2.34. The zero-order valence-electron chi connectivity index (χ0n) is 16.3. The van der Waals surface area contributed by atoms with Crippen molar-refractivity contribution in [2.45, 2.75) is 6.42 Å². The van der Waals surface area contributed by atoms with Crippen LogP contribution in [0.25, 0.3) is 6.08 Å². The molecule has 1 fully saturated rings. The number of carbonyl (C=O) groups excluding carboxylic acids is 2. The fourth-order valence-corrected chi connectivity index (χ4v) is 4.13. The van der Waals surface area contributed by atoms with Crippen LogP contribution in [0, 0.1) is 0 Å². The molecule has 0 bridgehead atoms. The van der Waals surface area contributed by atoms with Crippen molar-refractivity contribution >= 4 is 57.8 Å². The summed E-state index contributed by atoms with van der Waals surface area (Å²) < 4.78 is 5.63. The molecule has 0 unspecified atom stereocenters. The smallest absolute Gasteiger partial charge is 0.335 e. The number of hydrogen-bond donors (Lipinski definition) is 2. The fourth-order valence-electron chi connectivity index (χ4n) is 2.83. The lowest BCUT2D eigenvalue weighted by Crippen LogP contribution is -2.31. The van der Waals surface area contributed by atoms with Crippen LogP contribution in [0.4, 0.5) is 5.69 Å². The van der Waals surface area contributed by atoms with Crippen molar-refractivity contribution in [3.8, 4) is 11.5 Å². The van der Waals surface area contributed by atoms with Crippen molar-refractivity contribution in [2.24, 2.45) is 0 Å². The maximum atomic E-state index is 12.7. The molecule has 0 spiro atoms. The Morgan fingerprint density at radius 2 is 2.03 bits per heavy atom. The number of rotatable bonds is 7. The number of thiocarbonyl (C=S) groups is 1. The third-order valence-corrected chi connectivity index (χ3v) is 5.74. The van der Waals surface area contributed by atoms with E-state index in [1.165, 1.54) is 11.0 Å². The molecule has 10 heteroatoms. The van der Waals surface area contributed by atoms with E-state index in [-0.39, 0.29) is 30.1 Å². The van der Waals surface area contributed by atoms with Crippen molar-refractivity contribution in [1.29, 1.82) is 0 Å². The van der Waals surface area contributed by atoms with Crippen molar-refractivity contribution in [1.82, 2.24) is 4.90 Å². The first-order valence-corrected chi connectivity index (χ1v) is 10.2. The summed E-state index contributed by atoms with van der Waals surface area (Å²) in [6.45, 7) is 0.0667. The molecular formula is C21H17N2O6S2-. The minimum Gasteiger partial charge on any atom is -0.872 e. The average Bonchev–Trinajstić information content (AvgIpc) is 2.99. The number of hydrogen-bond acceptors (Lipinski definition) is 7. The Balaban J connectivity index is 1.63. The number of thioether (sulfide) groups is 1. The van der Waals surface area contributed by atoms with E-state index in [0.29, 0.717) is 15.0 Å². The Bertz CT molecular complexity index is 1100. The van der Waals surface area contributed by atoms with E-state index < -0.39 is 17.6 Å². The number of carboxylic acid groups (broad SMARTS) is 1. The third-order valence-electron chi connectivity index (χ3n) is 4.36. The molecule has 8 nitrogen and oxygen atoms in total. The molecule has 1 heterocycles. The van der Waals surface area contributed by atoms with Gasteiger partial charge in [-0.25, -0.2) is 4.79 Å². The number of nitrogens with zero attached hydrogens (tertiary/aromatic N) is 1. The number of carboxylic acids is 1. The van der Waals surface area contributed by atoms with Crippen LogP contribution in [0.2, 0.25) is 0 Å². The molecule has 0 radical (unpaired) electrons. The molecule has 2 amide bonds. The van der Waals surface area contributed by atoms with Gasteiger partial charge in [-0.2, -0.15) is 0 Å². The summed E-state index contributed by atoms with van der Waals surface area (Å²) in [5.74, 6) is -2.16. The van der Waals surface area contributed by atoms with Gasteiger partial charge in [0.25, 0.3) is 5.91 Å². The normalized spacial score (nSPS) is 14.7. The van der Waals surface area contributed by atoms with Gasteiger partial charge in [-0.1, -0.05) is 47.9 Å². The Morgan fingerprint density at radius 1 is 1.29 bits per heavy atom. The molecule has 0 saturated carbocycles. The molecule has 0 aliphatic carbocycles. The topological polar surface area (TPSA) is 119 Å². The van der Waals surface area contributed by atoms with Gasteiger partial charge >= 0.3 is 5.97 Å². The van der Waals surface area contributed by atoms with Crippen LogP contribution in [-0.2, 0) is 9.59 Å². The number of ether oxygens (including phenoxy) is 1. The summed E-state index contributed by atoms with van der Waals surface area (Å²) >= 11 is 6.42. The third kappa shape index (κ3) is 5.22. The van der Waals surface area contributed by atoms with Gasteiger partial charge in [-0.3, -0.25) is 14.5 Å². The number of nitrogens with one attached hydrogen (secondary N) is 1. The molecule has 160 valence electrons. The fraction of sp³-hybridized carbons (Fsp3) is 0.143. The Kier molecular flexibility index (Phi) is 6.93. The molecule has 3 rings (SSSR count). The van der Waals surface area contributed by atoms with Crippen molar-refractivity contribution in [3.05, 3.63) is 58.5 Å². The predicted octanol–water partition coefficient (Wildman–Crippen LogP) is 2.70. The first-order valence-electron chi connectivity index (χ1n) is 9.02. The first kappa shape index (κ1) is 22.3.